The molecule has 106 valence electrons. The van der Waals surface area contributed by atoms with Gasteiger partial charge in [-0.15, -0.1) is 0 Å². The van der Waals surface area contributed by atoms with Gasteiger partial charge in [-0.25, -0.2) is 4.79 Å². The number of carbonyl (C=O) groups excluding carboxylic acids is 1. The second kappa shape index (κ2) is 6.88. The van der Waals surface area contributed by atoms with Gasteiger partial charge in [0.15, 0.2) is 0 Å². The Morgan fingerprint density at radius 1 is 1.45 bits per heavy atom. The van der Waals surface area contributed by atoms with Crippen LogP contribution in [0.25, 0.3) is 0 Å². The van der Waals surface area contributed by atoms with Crippen LogP contribution in [-0.2, 0) is 9.59 Å². The number of rotatable bonds is 6. The van der Waals surface area contributed by atoms with Crippen molar-refractivity contribution < 1.29 is 24.4 Å². The first-order valence-electron chi connectivity index (χ1n) is 5.57. The summed E-state index contributed by atoms with van der Waals surface area (Å²) in [5, 5.41) is 21.5. The number of nitrogens with one attached hydrogen (secondary N) is 1. The zero-order valence-electron chi connectivity index (χ0n) is 10.5. The number of amides is 1. The van der Waals surface area contributed by atoms with Crippen LogP contribution in [0.15, 0.2) is 30.4 Å². The van der Waals surface area contributed by atoms with Gasteiger partial charge in [0, 0.05) is 12.2 Å². The van der Waals surface area contributed by atoms with Crippen molar-refractivity contribution in [1.29, 1.82) is 0 Å². The lowest BCUT2D eigenvalue weighted by molar-refractivity contribution is -0.384. The summed E-state index contributed by atoms with van der Waals surface area (Å²) in [6.45, 7) is 2.09. The molecule has 20 heavy (non-hydrogen) atoms. The highest BCUT2D eigenvalue weighted by atomic mass is 16.6. The highest BCUT2D eigenvalue weighted by Gasteiger charge is 2.16. The van der Waals surface area contributed by atoms with E-state index in [0.717, 1.165) is 6.08 Å². The third-order valence-electron chi connectivity index (χ3n) is 2.11. The van der Waals surface area contributed by atoms with Crippen LogP contribution >= 0.6 is 0 Å². The summed E-state index contributed by atoms with van der Waals surface area (Å²) in [5.74, 6) is -1.76. The maximum atomic E-state index is 11.4. The predicted octanol–water partition coefficient (Wildman–Crippen LogP) is 1.57. The van der Waals surface area contributed by atoms with Gasteiger partial charge in [-0.2, -0.15) is 0 Å². The third kappa shape index (κ3) is 4.41. The van der Waals surface area contributed by atoms with Crippen molar-refractivity contribution in [1.82, 2.24) is 0 Å². The Kier molecular flexibility index (Phi) is 5.21. The summed E-state index contributed by atoms with van der Waals surface area (Å²) in [6, 6.07) is 3.96. The van der Waals surface area contributed by atoms with E-state index in [1.54, 1.807) is 6.92 Å². The van der Waals surface area contributed by atoms with Gasteiger partial charge in [0.05, 0.1) is 17.6 Å². The molecule has 2 N–H and O–H groups in total. The molecule has 0 radical (unpaired) electrons. The summed E-state index contributed by atoms with van der Waals surface area (Å²) in [4.78, 5) is 31.9. The second-order valence-corrected chi connectivity index (χ2v) is 3.53. The van der Waals surface area contributed by atoms with Crippen LogP contribution in [0.5, 0.6) is 5.75 Å². The third-order valence-corrected chi connectivity index (χ3v) is 2.11. The number of benzene rings is 1. The average molecular weight is 280 g/mol. The number of nitro benzene ring substituents is 1. The molecule has 1 rings (SSSR count). The normalized spacial score (nSPS) is 10.2. The minimum atomic E-state index is -1.29. The number of nitro groups is 1. The van der Waals surface area contributed by atoms with Gasteiger partial charge in [-0.3, -0.25) is 14.9 Å². The predicted molar refractivity (Wildman–Crippen MR) is 69.7 cm³/mol. The number of ether oxygens (including phenoxy) is 1. The van der Waals surface area contributed by atoms with Crippen molar-refractivity contribution in [2.75, 3.05) is 11.9 Å². The maximum Gasteiger partial charge on any atom is 0.328 e. The Bertz CT molecular complexity index is 567. The van der Waals surface area contributed by atoms with E-state index in [9.17, 15) is 19.7 Å². The van der Waals surface area contributed by atoms with Crippen LogP contribution in [0.1, 0.15) is 6.92 Å². The molecular formula is C12H12N2O6. The highest BCUT2D eigenvalue weighted by molar-refractivity contribution is 6.03. The van der Waals surface area contributed by atoms with Crippen LogP contribution in [0.4, 0.5) is 11.4 Å². The number of hydrogen-bond acceptors (Lipinski definition) is 5. The Labute approximate surface area is 113 Å². The van der Waals surface area contributed by atoms with E-state index in [2.05, 4.69) is 5.32 Å². The van der Waals surface area contributed by atoms with E-state index < -0.39 is 16.8 Å². The summed E-state index contributed by atoms with van der Waals surface area (Å²) in [5.41, 5.74) is -0.383. The molecular weight excluding hydrogens is 268 g/mol. The number of hydrogen-bond donors (Lipinski definition) is 2. The lowest BCUT2D eigenvalue weighted by Gasteiger charge is -2.06. The average Bonchev–Trinajstić information content (AvgIpc) is 2.38. The standard InChI is InChI=1S/C12H12N2O6/c1-2-20-8-3-4-9(10(7-8)14(18)19)13-11(15)5-6-12(16)17/h3-7H,2H2,1H3,(H,13,15)(H,16,17). The molecule has 1 aromatic carbocycles. The van der Waals surface area contributed by atoms with E-state index in [4.69, 9.17) is 9.84 Å². The number of aliphatic carboxylic acids is 1. The Morgan fingerprint density at radius 3 is 2.70 bits per heavy atom. The van der Waals surface area contributed by atoms with Crippen LogP contribution < -0.4 is 10.1 Å². The molecule has 8 nitrogen and oxygen atoms in total. The number of carboxylic acid groups (broad SMARTS) is 1. The summed E-state index contributed by atoms with van der Waals surface area (Å²) < 4.78 is 5.13. The SMILES string of the molecule is CCOc1ccc(NC(=O)C=CC(=O)O)c([N+](=O)[O-])c1. The van der Waals surface area contributed by atoms with Gasteiger partial charge in [-0.05, 0) is 19.1 Å². The zero-order chi connectivity index (χ0) is 15.1. The lowest BCUT2D eigenvalue weighted by Crippen LogP contribution is -2.10. The van der Waals surface area contributed by atoms with Crippen molar-refractivity contribution in [2.24, 2.45) is 0 Å². The molecule has 0 spiro atoms. The topological polar surface area (TPSA) is 119 Å². The molecule has 0 aromatic heterocycles. The number of carboxylic acids is 1. The molecule has 0 atom stereocenters. The summed E-state index contributed by atoms with van der Waals surface area (Å²) in [6.07, 6.45) is 1.40. The number of carbonyl (C=O) groups is 2. The van der Waals surface area contributed by atoms with Crippen LogP contribution in [0.2, 0.25) is 0 Å². The quantitative estimate of drug-likeness (QED) is 0.463. The fourth-order valence-electron chi connectivity index (χ4n) is 1.35. The minimum Gasteiger partial charge on any atom is -0.494 e. The minimum absolute atomic E-state index is 0.0431. The molecule has 0 heterocycles. The lowest BCUT2D eigenvalue weighted by atomic mass is 10.2. The van der Waals surface area contributed by atoms with Gasteiger partial charge in [0.2, 0.25) is 5.91 Å². The smallest absolute Gasteiger partial charge is 0.328 e. The first-order chi connectivity index (χ1) is 9.43. The molecule has 0 saturated heterocycles. The van der Waals surface area contributed by atoms with E-state index >= 15 is 0 Å². The molecule has 0 aliphatic heterocycles. The molecule has 1 aromatic rings. The fraction of sp³-hybridized carbons (Fsp3) is 0.167. The number of anilines is 1. The van der Waals surface area contributed by atoms with Gasteiger partial charge < -0.3 is 15.2 Å². The Balaban J connectivity index is 2.97. The first kappa shape index (κ1) is 15.2. The van der Waals surface area contributed by atoms with Gasteiger partial charge in [0.1, 0.15) is 11.4 Å². The monoisotopic (exact) mass is 280 g/mol. The number of nitrogens with zero attached hydrogens (tertiary/aromatic N) is 1. The van der Waals surface area contributed by atoms with Crippen molar-refractivity contribution in [3.05, 3.63) is 40.5 Å². The largest absolute Gasteiger partial charge is 0.494 e. The molecule has 8 heteroatoms. The molecule has 0 unspecified atom stereocenters. The molecule has 0 saturated carbocycles. The van der Waals surface area contributed by atoms with Crippen LogP contribution in [0.3, 0.4) is 0 Å². The maximum absolute atomic E-state index is 11.4. The van der Waals surface area contributed by atoms with Crippen molar-refractivity contribution in [3.8, 4) is 5.75 Å². The van der Waals surface area contributed by atoms with Crippen molar-refractivity contribution in [3.63, 3.8) is 0 Å². The van der Waals surface area contributed by atoms with E-state index in [0.29, 0.717) is 18.4 Å². The molecule has 0 aliphatic carbocycles. The molecule has 1 amide bonds. The fourth-order valence-corrected chi connectivity index (χ4v) is 1.35. The molecule has 0 bridgehead atoms. The van der Waals surface area contributed by atoms with Gasteiger partial charge in [-0.1, -0.05) is 0 Å². The van der Waals surface area contributed by atoms with Crippen LogP contribution in [-0.4, -0.2) is 28.5 Å². The van der Waals surface area contributed by atoms with Crippen molar-refractivity contribution >= 4 is 23.3 Å². The van der Waals surface area contributed by atoms with E-state index in [1.165, 1.54) is 18.2 Å². The van der Waals surface area contributed by atoms with E-state index in [1.807, 2.05) is 0 Å². The van der Waals surface area contributed by atoms with Crippen LogP contribution in [0, 0.1) is 10.1 Å². The summed E-state index contributed by atoms with van der Waals surface area (Å²) in [7, 11) is 0. The van der Waals surface area contributed by atoms with Gasteiger partial charge in [0.25, 0.3) is 5.69 Å². The summed E-state index contributed by atoms with van der Waals surface area (Å²) >= 11 is 0. The van der Waals surface area contributed by atoms with Crippen molar-refractivity contribution in [2.45, 2.75) is 6.92 Å². The highest BCUT2D eigenvalue weighted by Crippen LogP contribution is 2.29. The second-order valence-electron chi connectivity index (χ2n) is 3.53. The van der Waals surface area contributed by atoms with Gasteiger partial charge >= 0.3 is 5.97 Å². The zero-order valence-corrected chi connectivity index (χ0v) is 10.5. The Hall–Kier alpha value is -2.90. The molecule has 0 fully saturated rings. The first-order valence-corrected chi connectivity index (χ1v) is 5.57. The Morgan fingerprint density at radius 2 is 2.15 bits per heavy atom. The molecule has 0 aliphatic rings. The van der Waals surface area contributed by atoms with E-state index in [-0.39, 0.29) is 11.4 Å².